The van der Waals surface area contributed by atoms with Crippen molar-refractivity contribution in [2.75, 3.05) is 26.3 Å². The number of hydrogen-bond acceptors (Lipinski definition) is 9. The molecule has 0 radical (unpaired) electrons. The highest BCUT2D eigenvalue weighted by Crippen LogP contribution is 2.19. The summed E-state index contributed by atoms with van der Waals surface area (Å²) in [5.41, 5.74) is 0.667. The monoisotopic (exact) mass is 419 g/mol. The molecule has 0 aromatic carbocycles. The summed E-state index contributed by atoms with van der Waals surface area (Å²) in [7, 11) is -3.70. The fraction of sp³-hybridized carbons (Fsp3) is 0.294. The second kappa shape index (κ2) is 8.11. The van der Waals surface area contributed by atoms with Crippen molar-refractivity contribution in [2.24, 2.45) is 0 Å². The van der Waals surface area contributed by atoms with E-state index in [1.807, 2.05) is 0 Å². The number of pyridine rings is 1. The minimum absolute atomic E-state index is 0.00355. The molecule has 3 aromatic heterocycles. The van der Waals surface area contributed by atoms with Crippen molar-refractivity contribution in [3.63, 3.8) is 0 Å². The molecule has 3 aromatic rings. The van der Waals surface area contributed by atoms with E-state index in [0.717, 1.165) is 0 Å². The van der Waals surface area contributed by atoms with Crippen molar-refractivity contribution in [3.8, 4) is 11.4 Å². The van der Waals surface area contributed by atoms with Crippen LogP contribution < -0.4 is 0 Å². The van der Waals surface area contributed by atoms with Crippen molar-refractivity contribution in [1.82, 2.24) is 24.4 Å². The zero-order chi connectivity index (χ0) is 20.3. The standard InChI is InChI=1S/C17H17N5O6S/c23-17(27-11-15-20-16(21-28-15)12-2-1-3-18-9-12)14-8-13(10-19-14)29(24,25)22-4-6-26-7-5-22/h1-3,8-10,19H,4-7,11H2. The maximum Gasteiger partial charge on any atom is 0.355 e. The fourth-order valence-electron chi connectivity index (χ4n) is 2.71. The Labute approximate surface area is 165 Å². The number of morpholine rings is 1. The van der Waals surface area contributed by atoms with E-state index in [4.69, 9.17) is 14.0 Å². The van der Waals surface area contributed by atoms with Crippen LogP contribution in [-0.2, 0) is 26.1 Å². The van der Waals surface area contributed by atoms with Gasteiger partial charge in [-0.3, -0.25) is 4.98 Å². The molecule has 0 atom stereocenters. The smallest absolute Gasteiger partial charge is 0.355 e. The number of nitrogens with zero attached hydrogens (tertiary/aromatic N) is 4. The Balaban J connectivity index is 1.39. The maximum atomic E-state index is 12.6. The molecule has 4 heterocycles. The van der Waals surface area contributed by atoms with Crippen LogP contribution in [0, 0.1) is 0 Å². The van der Waals surface area contributed by atoms with Crippen molar-refractivity contribution in [3.05, 3.63) is 48.4 Å². The molecule has 29 heavy (non-hydrogen) atoms. The van der Waals surface area contributed by atoms with E-state index >= 15 is 0 Å². The predicted molar refractivity (Wildman–Crippen MR) is 97.0 cm³/mol. The summed E-state index contributed by atoms with van der Waals surface area (Å²) >= 11 is 0. The Morgan fingerprint density at radius 1 is 1.31 bits per heavy atom. The SMILES string of the molecule is O=C(OCc1nc(-c2cccnc2)no1)c1cc(S(=O)(=O)N2CCOCC2)c[nH]1. The molecule has 11 nitrogen and oxygen atoms in total. The maximum absolute atomic E-state index is 12.6. The van der Waals surface area contributed by atoms with E-state index < -0.39 is 16.0 Å². The van der Waals surface area contributed by atoms with E-state index in [9.17, 15) is 13.2 Å². The third-order valence-electron chi connectivity index (χ3n) is 4.20. The van der Waals surface area contributed by atoms with Gasteiger partial charge < -0.3 is 19.0 Å². The Bertz CT molecular complexity index is 1090. The lowest BCUT2D eigenvalue weighted by molar-refractivity contribution is 0.0423. The Morgan fingerprint density at radius 2 is 2.14 bits per heavy atom. The van der Waals surface area contributed by atoms with Gasteiger partial charge in [-0.15, -0.1) is 0 Å². The van der Waals surface area contributed by atoms with Gasteiger partial charge in [0.1, 0.15) is 10.6 Å². The number of carbonyl (C=O) groups is 1. The second-order valence-corrected chi connectivity index (χ2v) is 8.03. The Morgan fingerprint density at radius 3 is 2.90 bits per heavy atom. The molecule has 1 saturated heterocycles. The van der Waals surface area contributed by atoms with Gasteiger partial charge in [0, 0.05) is 37.2 Å². The van der Waals surface area contributed by atoms with Crippen molar-refractivity contribution in [1.29, 1.82) is 0 Å². The molecule has 152 valence electrons. The molecule has 0 unspecified atom stereocenters. The number of aromatic amines is 1. The van der Waals surface area contributed by atoms with Gasteiger partial charge in [-0.05, 0) is 18.2 Å². The molecule has 12 heteroatoms. The highest BCUT2D eigenvalue weighted by Gasteiger charge is 2.28. The average molecular weight is 419 g/mol. The van der Waals surface area contributed by atoms with Gasteiger partial charge >= 0.3 is 5.97 Å². The first-order valence-electron chi connectivity index (χ1n) is 8.70. The van der Waals surface area contributed by atoms with Gasteiger partial charge in [-0.1, -0.05) is 5.16 Å². The van der Waals surface area contributed by atoms with E-state index in [1.54, 1.807) is 24.5 Å². The molecule has 0 amide bonds. The molecule has 0 bridgehead atoms. The molecule has 0 saturated carbocycles. The molecule has 4 rings (SSSR count). The Kier molecular flexibility index (Phi) is 5.38. The first-order chi connectivity index (χ1) is 14.0. The lowest BCUT2D eigenvalue weighted by Crippen LogP contribution is -2.40. The summed E-state index contributed by atoms with van der Waals surface area (Å²) in [4.78, 5) is 23.0. The fourth-order valence-corrected chi connectivity index (χ4v) is 4.11. The number of carbonyl (C=O) groups excluding carboxylic acids is 1. The van der Waals surface area contributed by atoms with Crippen LogP contribution in [0.1, 0.15) is 16.4 Å². The van der Waals surface area contributed by atoms with Crippen LogP contribution in [0.4, 0.5) is 0 Å². The van der Waals surface area contributed by atoms with Crippen LogP contribution in [0.15, 0.2) is 46.2 Å². The first-order valence-corrected chi connectivity index (χ1v) is 10.1. The lowest BCUT2D eigenvalue weighted by Gasteiger charge is -2.25. The third kappa shape index (κ3) is 4.18. The largest absolute Gasteiger partial charge is 0.451 e. The zero-order valence-electron chi connectivity index (χ0n) is 15.1. The van der Waals surface area contributed by atoms with Crippen molar-refractivity contribution < 1.29 is 27.2 Å². The number of aromatic nitrogens is 4. The number of rotatable bonds is 6. The van der Waals surface area contributed by atoms with Gasteiger partial charge in [-0.2, -0.15) is 9.29 Å². The molecule has 1 aliphatic rings. The summed E-state index contributed by atoms with van der Waals surface area (Å²) in [5, 5.41) is 3.81. The summed E-state index contributed by atoms with van der Waals surface area (Å²) in [6, 6.07) is 4.74. The lowest BCUT2D eigenvalue weighted by atomic mass is 10.3. The van der Waals surface area contributed by atoms with Gasteiger partial charge in [0.05, 0.1) is 13.2 Å². The van der Waals surface area contributed by atoms with E-state index in [1.165, 1.54) is 16.6 Å². The number of hydrogen-bond donors (Lipinski definition) is 1. The van der Waals surface area contributed by atoms with E-state index in [2.05, 4.69) is 20.1 Å². The van der Waals surface area contributed by atoms with Gasteiger partial charge in [-0.25, -0.2) is 13.2 Å². The summed E-state index contributed by atoms with van der Waals surface area (Å²) in [6.45, 7) is 0.956. The van der Waals surface area contributed by atoms with Crippen LogP contribution >= 0.6 is 0 Å². The van der Waals surface area contributed by atoms with Crippen molar-refractivity contribution >= 4 is 16.0 Å². The van der Waals surface area contributed by atoms with Crippen LogP contribution in [0.2, 0.25) is 0 Å². The topological polar surface area (TPSA) is 141 Å². The molecular formula is C17H17N5O6S. The summed E-state index contributed by atoms with van der Waals surface area (Å²) in [6.07, 6.45) is 4.46. The quantitative estimate of drug-likeness (QED) is 0.575. The van der Waals surface area contributed by atoms with E-state index in [0.29, 0.717) is 24.6 Å². The van der Waals surface area contributed by atoms with Crippen LogP contribution in [0.25, 0.3) is 11.4 Å². The number of sulfonamides is 1. The number of ether oxygens (including phenoxy) is 2. The van der Waals surface area contributed by atoms with Crippen molar-refractivity contribution in [2.45, 2.75) is 11.5 Å². The van der Waals surface area contributed by atoms with Gasteiger partial charge in [0.25, 0.3) is 5.89 Å². The Hall–Kier alpha value is -3.09. The van der Waals surface area contributed by atoms with E-state index in [-0.39, 0.29) is 36.2 Å². The van der Waals surface area contributed by atoms with Crippen LogP contribution in [0.5, 0.6) is 0 Å². The first kappa shape index (κ1) is 19.2. The molecular weight excluding hydrogens is 402 g/mol. The third-order valence-corrected chi connectivity index (χ3v) is 6.08. The molecule has 0 aliphatic carbocycles. The summed E-state index contributed by atoms with van der Waals surface area (Å²) in [5.74, 6) is -0.317. The van der Waals surface area contributed by atoms with Gasteiger partial charge in [0.15, 0.2) is 6.61 Å². The highest BCUT2D eigenvalue weighted by molar-refractivity contribution is 7.89. The van der Waals surface area contributed by atoms with Crippen LogP contribution in [-0.4, -0.2) is 65.1 Å². The van der Waals surface area contributed by atoms with Gasteiger partial charge in [0.2, 0.25) is 15.8 Å². The molecule has 1 aliphatic heterocycles. The normalized spacial score (nSPS) is 15.3. The molecule has 1 fully saturated rings. The number of esters is 1. The minimum atomic E-state index is -3.70. The number of H-pyrrole nitrogens is 1. The molecule has 0 spiro atoms. The zero-order valence-corrected chi connectivity index (χ0v) is 16.0. The predicted octanol–water partition coefficient (Wildman–Crippen LogP) is 0.838. The highest BCUT2D eigenvalue weighted by atomic mass is 32.2. The molecule has 1 N–H and O–H groups in total. The minimum Gasteiger partial charge on any atom is -0.451 e. The second-order valence-electron chi connectivity index (χ2n) is 6.10. The average Bonchev–Trinajstić information content (AvgIpc) is 3.44. The number of nitrogens with one attached hydrogen (secondary N) is 1. The van der Waals surface area contributed by atoms with Crippen LogP contribution in [0.3, 0.4) is 0 Å². The summed E-state index contributed by atoms with van der Waals surface area (Å²) < 4.78 is 41.9.